The van der Waals surface area contributed by atoms with E-state index in [1.165, 1.54) is 23.7 Å². The first-order valence-electron chi connectivity index (χ1n) is 12.8. The number of nitrogens with one attached hydrogen (secondary N) is 3. The van der Waals surface area contributed by atoms with Gasteiger partial charge < -0.3 is 16.0 Å². The van der Waals surface area contributed by atoms with Gasteiger partial charge in [-0.15, -0.1) is 11.3 Å². The van der Waals surface area contributed by atoms with Crippen molar-refractivity contribution in [1.82, 2.24) is 19.9 Å². The van der Waals surface area contributed by atoms with E-state index in [4.69, 9.17) is 0 Å². The van der Waals surface area contributed by atoms with Crippen LogP contribution in [0.5, 0.6) is 0 Å². The fourth-order valence-electron chi connectivity index (χ4n) is 4.18. The lowest BCUT2D eigenvalue weighted by Crippen LogP contribution is -2.15. The van der Waals surface area contributed by atoms with E-state index in [2.05, 4.69) is 35.9 Å². The van der Waals surface area contributed by atoms with Crippen LogP contribution >= 0.6 is 22.7 Å². The number of aryl methyl sites for hydroxylation is 1. The van der Waals surface area contributed by atoms with Crippen LogP contribution in [0, 0.1) is 6.92 Å². The highest BCUT2D eigenvalue weighted by molar-refractivity contribution is 7.14. The molecule has 3 N–H and O–H groups in total. The van der Waals surface area contributed by atoms with Crippen molar-refractivity contribution in [2.45, 2.75) is 6.92 Å². The monoisotopic (exact) mass is 589 g/mol. The topological polar surface area (TPSA) is 122 Å². The van der Waals surface area contributed by atoms with Gasteiger partial charge in [-0.1, -0.05) is 12.1 Å². The Kier molecular flexibility index (Phi) is 7.75. The summed E-state index contributed by atoms with van der Waals surface area (Å²) in [5.74, 6) is -0.204. The Morgan fingerprint density at radius 2 is 1.74 bits per heavy atom. The molecule has 0 aliphatic heterocycles. The molecule has 0 atom stereocenters. The van der Waals surface area contributed by atoms with Gasteiger partial charge in [0, 0.05) is 62.9 Å². The molecule has 5 heterocycles. The number of thiophene rings is 2. The number of hydrogen-bond donors (Lipinski definition) is 3. The number of anilines is 4. The van der Waals surface area contributed by atoms with Crippen molar-refractivity contribution in [2.75, 3.05) is 16.0 Å². The summed E-state index contributed by atoms with van der Waals surface area (Å²) in [6, 6.07) is 16.7. The molecule has 5 aromatic heterocycles. The molecule has 11 heteroatoms. The average molecular weight is 590 g/mol. The molecule has 6 aromatic rings. The molecule has 0 aliphatic carbocycles. The fourth-order valence-corrected chi connectivity index (χ4v) is 5.84. The van der Waals surface area contributed by atoms with Crippen LogP contribution in [0.3, 0.4) is 0 Å². The minimum atomic E-state index is -0.363. The number of amides is 2. The van der Waals surface area contributed by atoms with Crippen LogP contribution in [0.25, 0.3) is 21.7 Å². The summed E-state index contributed by atoms with van der Waals surface area (Å²) < 4.78 is 0. The number of benzene rings is 1. The van der Waals surface area contributed by atoms with Crippen LogP contribution in [-0.4, -0.2) is 31.8 Å². The van der Waals surface area contributed by atoms with Crippen molar-refractivity contribution in [3.63, 3.8) is 0 Å². The Morgan fingerprint density at radius 3 is 2.57 bits per heavy atom. The summed E-state index contributed by atoms with van der Waals surface area (Å²) in [6.07, 6.45) is 8.10. The standard InChI is InChI=1S/C31H23N7O2S2/c1-19-6-7-22(13-27(19)38-31-34-10-8-26(37-31)20-4-2-9-32-14-20)35-29(39)21-12-23(16-33-15-21)36-30(40)25-18-41-17-24(25)28-5-3-11-42-28/h2-18H,1H3,(H,35,39)(H,36,40)(H,34,37,38). The maximum Gasteiger partial charge on any atom is 0.257 e. The summed E-state index contributed by atoms with van der Waals surface area (Å²) in [4.78, 5) is 44.5. The fraction of sp³-hybridized carbons (Fsp3) is 0.0323. The van der Waals surface area contributed by atoms with E-state index >= 15 is 0 Å². The predicted molar refractivity (Wildman–Crippen MR) is 168 cm³/mol. The van der Waals surface area contributed by atoms with Gasteiger partial charge >= 0.3 is 0 Å². The maximum absolute atomic E-state index is 13.1. The normalized spacial score (nSPS) is 10.7. The van der Waals surface area contributed by atoms with Crippen LogP contribution < -0.4 is 16.0 Å². The third-order valence-corrected chi connectivity index (χ3v) is 7.95. The minimum absolute atomic E-state index is 0.261. The number of hydrogen-bond acceptors (Lipinski definition) is 9. The van der Waals surface area contributed by atoms with Gasteiger partial charge in [0.2, 0.25) is 5.95 Å². The molecule has 2 amide bonds. The van der Waals surface area contributed by atoms with E-state index in [1.807, 2.05) is 71.6 Å². The number of carbonyl (C=O) groups excluding carboxylic acids is 2. The lowest BCUT2D eigenvalue weighted by atomic mass is 10.1. The van der Waals surface area contributed by atoms with Crippen LogP contribution in [-0.2, 0) is 0 Å². The molecule has 0 aliphatic rings. The smallest absolute Gasteiger partial charge is 0.257 e. The van der Waals surface area contributed by atoms with Crippen LogP contribution in [0.1, 0.15) is 26.3 Å². The predicted octanol–water partition coefficient (Wildman–Crippen LogP) is 7.28. The Hall–Kier alpha value is -5.26. The number of rotatable bonds is 8. The van der Waals surface area contributed by atoms with Crippen molar-refractivity contribution in [2.24, 2.45) is 0 Å². The molecule has 1 aromatic carbocycles. The molecule has 0 saturated carbocycles. The highest BCUT2D eigenvalue weighted by Crippen LogP contribution is 2.31. The third-order valence-electron chi connectivity index (χ3n) is 6.31. The summed E-state index contributed by atoms with van der Waals surface area (Å²) >= 11 is 3.04. The molecule has 0 saturated heterocycles. The van der Waals surface area contributed by atoms with Crippen LogP contribution in [0.15, 0.2) is 102 Å². The van der Waals surface area contributed by atoms with Crippen molar-refractivity contribution < 1.29 is 9.59 Å². The Balaban J connectivity index is 1.15. The van der Waals surface area contributed by atoms with Crippen molar-refractivity contribution in [3.8, 4) is 21.7 Å². The number of carbonyl (C=O) groups is 2. The second kappa shape index (κ2) is 12.1. The van der Waals surface area contributed by atoms with E-state index in [0.717, 1.165) is 32.9 Å². The van der Waals surface area contributed by atoms with Gasteiger partial charge in [0.05, 0.1) is 28.7 Å². The van der Waals surface area contributed by atoms with Crippen LogP contribution in [0.2, 0.25) is 0 Å². The first-order valence-corrected chi connectivity index (χ1v) is 14.6. The highest BCUT2D eigenvalue weighted by Gasteiger charge is 2.16. The molecule has 0 fully saturated rings. The molecular formula is C31H23N7O2S2. The van der Waals surface area contributed by atoms with Crippen molar-refractivity contribution in [3.05, 3.63) is 118 Å². The van der Waals surface area contributed by atoms with Gasteiger partial charge in [-0.05, 0) is 60.3 Å². The average Bonchev–Trinajstić information content (AvgIpc) is 3.72. The Morgan fingerprint density at radius 1 is 0.833 bits per heavy atom. The molecule has 0 bridgehead atoms. The van der Waals surface area contributed by atoms with Crippen LogP contribution in [0.4, 0.5) is 23.0 Å². The molecular weight excluding hydrogens is 567 g/mol. The van der Waals surface area contributed by atoms with E-state index in [1.54, 1.807) is 36.0 Å². The van der Waals surface area contributed by atoms with E-state index in [9.17, 15) is 9.59 Å². The zero-order valence-electron chi connectivity index (χ0n) is 22.2. The lowest BCUT2D eigenvalue weighted by molar-refractivity contribution is 0.101. The van der Waals surface area contributed by atoms with E-state index < -0.39 is 0 Å². The summed E-state index contributed by atoms with van der Waals surface area (Å²) in [5.41, 5.74) is 6.07. The molecule has 0 unspecified atom stereocenters. The highest BCUT2D eigenvalue weighted by atomic mass is 32.1. The van der Waals surface area contributed by atoms with Gasteiger partial charge in [0.15, 0.2) is 0 Å². The lowest BCUT2D eigenvalue weighted by Gasteiger charge is -2.12. The minimum Gasteiger partial charge on any atom is -0.324 e. The zero-order valence-corrected chi connectivity index (χ0v) is 23.9. The second-order valence-electron chi connectivity index (χ2n) is 9.21. The summed E-state index contributed by atoms with van der Waals surface area (Å²) in [5, 5.41) is 14.8. The maximum atomic E-state index is 13.1. The molecule has 206 valence electrons. The van der Waals surface area contributed by atoms with Crippen molar-refractivity contribution in [1.29, 1.82) is 0 Å². The third kappa shape index (κ3) is 6.07. The first kappa shape index (κ1) is 26.9. The second-order valence-corrected chi connectivity index (χ2v) is 10.9. The first-order chi connectivity index (χ1) is 20.5. The van der Waals surface area contributed by atoms with Gasteiger partial charge in [0.1, 0.15) is 0 Å². The summed E-state index contributed by atoms with van der Waals surface area (Å²) in [6.45, 7) is 1.95. The molecule has 0 radical (unpaired) electrons. The number of aromatic nitrogens is 4. The van der Waals surface area contributed by atoms with Gasteiger partial charge in [-0.25, -0.2) is 9.97 Å². The Labute approximate surface area is 249 Å². The number of pyridine rings is 2. The molecule has 42 heavy (non-hydrogen) atoms. The zero-order chi connectivity index (χ0) is 28.9. The summed E-state index contributed by atoms with van der Waals surface area (Å²) in [7, 11) is 0. The largest absolute Gasteiger partial charge is 0.324 e. The van der Waals surface area contributed by atoms with Gasteiger partial charge in [0.25, 0.3) is 11.8 Å². The van der Waals surface area contributed by atoms with Gasteiger partial charge in [-0.3, -0.25) is 19.6 Å². The molecule has 9 nitrogen and oxygen atoms in total. The van der Waals surface area contributed by atoms with E-state index in [-0.39, 0.29) is 11.8 Å². The quantitative estimate of drug-likeness (QED) is 0.171. The van der Waals surface area contributed by atoms with E-state index in [0.29, 0.717) is 28.5 Å². The number of nitrogens with zero attached hydrogens (tertiary/aromatic N) is 4. The molecule has 6 rings (SSSR count). The van der Waals surface area contributed by atoms with Gasteiger partial charge in [-0.2, -0.15) is 11.3 Å². The Bertz CT molecular complexity index is 1870. The molecule has 0 spiro atoms. The van der Waals surface area contributed by atoms with Crippen molar-refractivity contribution >= 4 is 57.5 Å². The SMILES string of the molecule is Cc1ccc(NC(=O)c2cncc(NC(=O)c3cscc3-c3cccs3)c2)cc1Nc1nccc(-c2cccnc2)n1.